The Hall–Kier alpha value is -3.54. The Morgan fingerprint density at radius 1 is 1.00 bits per heavy atom. The fourth-order valence-electron chi connectivity index (χ4n) is 3.90. The first kappa shape index (κ1) is 27.1. The van der Waals surface area contributed by atoms with Gasteiger partial charge in [0.1, 0.15) is 5.69 Å². The fourth-order valence-corrected chi connectivity index (χ4v) is 4.98. The van der Waals surface area contributed by atoms with E-state index < -0.39 is 10.0 Å². The van der Waals surface area contributed by atoms with Crippen LogP contribution >= 0.6 is 12.4 Å². The minimum absolute atomic E-state index is 0. The van der Waals surface area contributed by atoms with Gasteiger partial charge < -0.3 is 24.3 Å². The number of aromatic nitrogens is 2. The van der Waals surface area contributed by atoms with Crippen LogP contribution in [0, 0.1) is 0 Å². The molecule has 12 heteroatoms. The molecule has 2 heterocycles. The number of likely N-dealkylation sites (N-methyl/N-ethyl adjacent to an activating group) is 1. The number of rotatable bonds is 8. The minimum Gasteiger partial charge on any atom is -0.481 e. The molecule has 0 unspecified atom stereocenters. The molecule has 2 aromatic heterocycles. The number of pyridine rings is 1. The van der Waals surface area contributed by atoms with Crippen molar-refractivity contribution in [2.45, 2.75) is 4.90 Å². The van der Waals surface area contributed by atoms with E-state index in [0.29, 0.717) is 11.6 Å². The number of fused-ring (bicyclic) bond motifs is 3. The molecule has 0 spiro atoms. The highest BCUT2D eigenvalue weighted by Crippen LogP contribution is 2.33. The van der Waals surface area contributed by atoms with Crippen molar-refractivity contribution in [2.75, 3.05) is 44.9 Å². The van der Waals surface area contributed by atoms with Crippen LogP contribution in [0.25, 0.3) is 21.8 Å². The summed E-state index contributed by atoms with van der Waals surface area (Å²) in [7, 11) is 4.49. The molecule has 192 valence electrons. The van der Waals surface area contributed by atoms with Gasteiger partial charge >= 0.3 is 0 Å². The first-order valence-electron chi connectivity index (χ1n) is 10.7. The number of nitrogens with zero attached hydrogens (tertiary/aromatic N) is 3. The number of carbonyl (C=O) groups excluding carboxylic acids is 1. The van der Waals surface area contributed by atoms with Crippen molar-refractivity contribution in [3.05, 3.63) is 48.5 Å². The van der Waals surface area contributed by atoms with Gasteiger partial charge in [0.05, 0.1) is 31.2 Å². The third-order valence-corrected chi connectivity index (χ3v) is 6.88. The zero-order valence-electron chi connectivity index (χ0n) is 20.5. The van der Waals surface area contributed by atoms with Crippen LogP contribution in [0.2, 0.25) is 0 Å². The predicted molar refractivity (Wildman–Crippen MR) is 143 cm³/mol. The Kier molecular flexibility index (Phi) is 7.97. The molecule has 2 N–H and O–H groups in total. The molecule has 0 saturated carbocycles. The highest BCUT2D eigenvalue weighted by Gasteiger charge is 2.20. The van der Waals surface area contributed by atoms with Crippen LogP contribution < -0.4 is 19.5 Å². The number of hydrogen-bond acceptors (Lipinski definition) is 7. The summed E-state index contributed by atoms with van der Waals surface area (Å²) in [6, 6.07) is 13.6. The number of aryl methyl sites for hydroxylation is 1. The summed E-state index contributed by atoms with van der Waals surface area (Å²) in [5.74, 6) is 0.290. The largest absolute Gasteiger partial charge is 0.481 e. The quantitative estimate of drug-likeness (QED) is 0.356. The standard InChI is InChI=1S/C24H27N5O5S.ClH/c1-28(2)14-22(30)25-15-6-8-17-18-13-16(7-10-20(18)29(3)21(17)12-15)35(31,32)27-19-9-11-23(33-4)26-24(19)34-5;/h6-13,27H,14H2,1-5H3,(H,25,30);1H. The number of anilines is 2. The van der Waals surface area contributed by atoms with Crippen molar-refractivity contribution < 1.29 is 22.7 Å². The number of ether oxygens (including phenoxy) is 2. The number of benzene rings is 2. The molecule has 36 heavy (non-hydrogen) atoms. The van der Waals surface area contributed by atoms with Crippen LogP contribution in [0.3, 0.4) is 0 Å². The summed E-state index contributed by atoms with van der Waals surface area (Å²) in [6.45, 7) is 0.274. The van der Waals surface area contributed by atoms with Crippen LogP contribution in [0.5, 0.6) is 11.8 Å². The van der Waals surface area contributed by atoms with E-state index in [0.717, 1.165) is 21.8 Å². The second-order valence-electron chi connectivity index (χ2n) is 8.27. The number of amides is 1. The van der Waals surface area contributed by atoms with Gasteiger partial charge in [-0.25, -0.2) is 8.42 Å². The molecule has 0 radical (unpaired) electrons. The van der Waals surface area contributed by atoms with Crippen LogP contribution in [0.1, 0.15) is 0 Å². The maximum atomic E-state index is 13.2. The zero-order valence-corrected chi connectivity index (χ0v) is 22.2. The number of halogens is 1. The molecular weight excluding hydrogens is 506 g/mol. The summed E-state index contributed by atoms with van der Waals surface area (Å²) >= 11 is 0. The van der Waals surface area contributed by atoms with Crippen LogP contribution in [0.15, 0.2) is 53.4 Å². The van der Waals surface area contributed by atoms with Crippen LogP contribution in [0.4, 0.5) is 11.4 Å². The van der Waals surface area contributed by atoms with Gasteiger partial charge in [0.2, 0.25) is 17.7 Å². The van der Waals surface area contributed by atoms with E-state index in [1.807, 2.05) is 43.9 Å². The molecule has 10 nitrogen and oxygen atoms in total. The molecule has 0 atom stereocenters. The van der Waals surface area contributed by atoms with E-state index in [-0.39, 0.29) is 41.3 Å². The average Bonchev–Trinajstić information content (AvgIpc) is 3.09. The molecular formula is C24H28ClN5O5S. The molecule has 0 fully saturated rings. The van der Waals surface area contributed by atoms with E-state index in [2.05, 4.69) is 15.0 Å². The molecule has 0 aliphatic rings. The lowest BCUT2D eigenvalue weighted by Crippen LogP contribution is -2.27. The lowest BCUT2D eigenvalue weighted by Gasteiger charge is -2.12. The lowest BCUT2D eigenvalue weighted by atomic mass is 10.1. The van der Waals surface area contributed by atoms with Gasteiger partial charge in [0, 0.05) is 35.1 Å². The lowest BCUT2D eigenvalue weighted by molar-refractivity contribution is -0.116. The number of carbonyl (C=O) groups is 1. The summed E-state index contributed by atoms with van der Waals surface area (Å²) in [5, 5.41) is 4.54. The van der Waals surface area contributed by atoms with Crippen LogP contribution in [-0.2, 0) is 21.9 Å². The minimum atomic E-state index is -3.93. The zero-order chi connectivity index (χ0) is 25.3. The van der Waals surface area contributed by atoms with Crippen molar-refractivity contribution in [2.24, 2.45) is 7.05 Å². The van der Waals surface area contributed by atoms with Crippen LogP contribution in [-0.4, -0.2) is 63.6 Å². The predicted octanol–water partition coefficient (Wildman–Crippen LogP) is 3.47. The fraction of sp³-hybridized carbons (Fsp3) is 0.250. The molecule has 0 saturated heterocycles. The number of sulfonamides is 1. The SMILES string of the molecule is COc1ccc(NS(=O)(=O)c2ccc3c(c2)c2ccc(NC(=O)CN(C)C)cc2n3C)c(OC)n1.Cl. The maximum Gasteiger partial charge on any atom is 0.262 e. The first-order chi connectivity index (χ1) is 16.6. The number of methoxy groups -OCH3 is 2. The Labute approximate surface area is 215 Å². The van der Waals surface area contributed by atoms with Gasteiger partial charge in [-0.2, -0.15) is 4.98 Å². The topological polar surface area (TPSA) is 115 Å². The van der Waals surface area contributed by atoms with Gasteiger partial charge in [0.25, 0.3) is 10.0 Å². The van der Waals surface area contributed by atoms with E-state index >= 15 is 0 Å². The third kappa shape index (κ3) is 5.32. The van der Waals surface area contributed by atoms with E-state index in [9.17, 15) is 13.2 Å². The van der Waals surface area contributed by atoms with Crippen molar-refractivity contribution in [1.29, 1.82) is 0 Å². The number of hydrogen-bond donors (Lipinski definition) is 2. The smallest absolute Gasteiger partial charge is 0.262 e. The maximum absolute atomic E-state index is 13.2. The summed E-state index contributed by atoms with van der Waals surface area (Å²) < 4.78 is 41.2. The Morgan fingerprint density at radius 3 is 2.42 bits per heavy atom. The number of nitrogens with one attached hydrogen (secondary N) is 2. The molecule has 4 aromatic rings. The van der Waals surface area contributed by atoms with Gasteiger partial charge in [-0.05, 0) is 50.5 Å². The van der Waals surface area contributed by atoms with E-state index in [1.165, 1.54) is 20.3 Å². The Morgan fingerprint density at radius 2 is 1.75 bits per heavy atom. The molecule has 2 aromatic carbocycles. The van der Waals surface area contributed by atoms with Gasteiger partial charge in [-0.1, -0.05) is 6.07 Å². The van der Waals surface area contributed by atoms with Crippen molar-refractivity contribution in [3.63, 3.8) is 0 Å². The molecule has 0 aliphatic carbocycles. The average molecular weight is 534 g/mol. The second kappa shape index (κ2) is 10.6. The molecule has 0 bridgehead atoms. The normalized spacial score (nSPS) is 11.4. The van der Waals surface area contributed by atoms with Crippen molar-refractivity contribution in [1.82, 2.24) is 14.5 Å². The monoisotopic (exact) mass is 533 g/mol. The molecule has 1 amide bonds. The van der Waals surface area contributed by atoms with E-state index in [4.69, 9.17) is 9.47 Å². The second-order valence-corrected chi connectivity index (χ2v) is 9.95. The third-order valence-electron chi connectivity index (χ3n) is 5.51. The summed E-state index contributed by atoms with van der Waals surface area (Å²) in [6.07, 6.45) is 0. The van der Waals surface area contributed by atoms with E-state index in [1.54, 1.807) is 29.2 Å². The highest BCUT2D eigenvalue weighted by molar-refractivity contribution is 7.92. The Balaban J connectivity index is 0.00000361. The van der Waals surface area contributed by atoms with Gasteiger partial charge in [-0.3, -0.25) is 9.52 Å². The molecule has 0 aliphatic heterocycles. The summed E-state index contributed by atoms with van der Waals surface area (Å²) in [4.78, 5) is 18.2. The Bertz CT molecular complexity index is 1540. The summed E-state index contributed by atoms with van der Waals surface area (Å²) in [5.41, 5.74) is 2.60. The van der Waals surface area contributed by atoms with Gasteiger partial charge in [-0.15, -0.1) is 12.4 Å². The van der Waals surface area contributed by atoms with Crippen molar-refractivity contribution >= 4 is 61.5 Å². The van der Waals surface area contributed by atoms with Crippen molar-refractivity contribution in [3.8, 4) is 11.8 Å². The molecule has 4 rings (SSSR count). The van der Waals surface area contributed by atoms with Gasteiger partial charge in [0.15, 0.2) is 0 Å². The highest BCUT2D eigenvalue weighted by atomic mass is 35.5. The first-order valence-corrected chi connectivity index (χ1v) is 12.2.